The third kappa shape index (κ3) is 5.16. The Morgan fingerprint density at radius 3 is 2.45 bits per heavy atom. The van der Waals surface area contributed by atoms with Crippen molar-refractivity contribution in [2.75, 3.05) is 13.7 Å². The van der Waals surface area contributed by atoms with Crippen LogP contribution in [0, 0.1) is 0 Å². The minimum Gasteiger partial charge on any atom is -1.00 e. The van der Waals surface area contributed by atoms with Crippen molar-refractivity contribution < 1.29 is 17.1 Å². The zero-order valence-corrected chi connectivity index (χ0v) is 13.7. The summed E-state index contributed by atoms with van der Waals surface area (Å²) >= 11 is 3.50. The van der Waals surface area contributed by atoms with E-state index < -0.39 is 0 Å². The molecule has 0 saturated heterocycles. The predicted molar refractivity (Wildman–Crippen MR) is 82.5 cm³/mol. The van der Waals surface area contributed by atoms with Crippen molar-refractivity contribution in [1.82, 2.24) is 5.32 Å². The van der Waals surface area contributed by atoms with Gasteiger partial charge in [0.25, 0.3) is 0 Å². The maximum absolute atomic E-state index is 5.22. The topological polar surface area (TPSA) is 21.3 Å². The van der Waals surface area contributed by atoms with Crippen LogP contribution in [0.2, 0.25) is 0 Å². The van der Waals surface area contributed by atoms with Gasteiger partial charge in [0.15, 0.2) is 0 Å². The number of benzene rings is 2. The normalized spacial score (nSPS) is 9.90. The summed E-state index contributed by atoms with van der Waals surface area (Å²) in [7, 11) is 1.68. The molecule has 2 nitrogen and oxygen atoms in total. The van der Waals surface area contributed by atoms with Crippen LogP contribution in [0.5, 0.6) is 5.75 Å². The second-order valence-electron chi connectivity index (χ2n) is 4.38. The number of rotatable bonds is 6. The Kier molecular flexibility index (Phi) is 7.67. The van der Waals surface area contributed by atoms with Gasteiger partial charge in [-0.1, -0.05) is 36.4 Å². The summed E-state index contributed by atoms with van der Waals surface area (Å²) in [5, 5.41) is 3.45. The fourth-order valence-electron chi connectivity index (χ4n) is 1.93. The van der Waals surface area contributed by atoms with Gasteiger partial charge in [0.1, 0.15) is 5.75 Å². The molecule has 2 rings (SSSR count). The lowest BCUT2D eigenvalue weighted by molar-refractivity contribution is -0.00000408. The fraction of sp³-hybridized carbons (Fsp3) is 0.250. The summed E-state index contributed by atoms with van der Waals surface area (Å²) in [6.07, 6.45) is 1.05. The third-order valence-corrected chi connectivity index (χ3v) is 3.60. The molecule has 4 heteroatoms. The van der Waals surface area contributed by atoms with Gasteiger partial charge in [0, 0.05) is 6.54 Å². The predicted octanol–water partition coefficient (Wildman–Crippen LogP) is 0.794. The third-order valence-electron chi connectivity index (χ3n) is 2.98. The van der Waals surface area contributed by atoms with Crippen molar-refractivity contribution in [2.45, 2.75) is 13.0 Å². The summed E-state index contributed by atoms with van der Waals surface area (Å²) in [6, 6.07) is 16.7. The highest BCUT2D eigenvalue weighted by Crippen LogP contribution is 2.25. The Bertz CT molecular complexity index is 519. The van der Waals surface area contributed by atoms with Crippen LogP contribution in [-0.4, -0.2) is 13.7 Å². The summed E-state index contributed by atoms with van der Waals surface area (Å²) in [5.41, 5.74) is 2.62. The molecule has 0 spiro atoms. The molecule has 2 aromatic rings. The van der Waals surface area contributed by atoms with E-state index in [0.717, 1.165) is 29.7 Å². The molecule has 0 aliphatic heterocycles. The van der Waals surface area contributed by atoms with E-state index in [2.05, 4.69) is 57.6 Å². The lowest BCUT2D eigenvalue weighted by Crippen LogP contribution is -3.00. The average molecular weight is 356 g/mol. The van der Waals surface area contributed by atoms with Crippen LogP contribution in [0.3, 0.4) is 0 Å². The van der Waals surface area contributed by atoms with Crippen LogP contribution >= 0.6 is 15.9 Å². The minimum atomic E-state index is 0. The van der Waals surface area contributed by atoms with E-state index in [9.17, 15) is 0 Å². The van der Waals surface area contributed by atoms with Gasteiger partial charge in [-0.25, -0.2) is 0 Å². The summed E-state index contributed by atoms with van der Waals surface area (Å²) in [6.45, 7) is 1.85. The Morgan fingerprint density at radius 2 is 1.80 bits per heavy atom. The molecule has 1 N–H and O–H groups in total. The molecule has 0 aliphatic rings. The standard InChI is InChI=1S/C16H18BrNO.ClH/c1-19-16-8-7-14(11-15(16)17)12-18-10-9-13-5-3-2-4-6-13;/h2-8,11,18H,9-10,12H2,1H3;1H/p-1. The Morgan fingerprint density at radius 1 is 1.05 bits per heavy atom. The molecule has 0 atom stereocenters. The second kappa shape index (κ2) is 9.01. The fourth-order valence-corrected chi connectivity index (χ4v) is 2.52. The van der Waals surface area contributed by atoms with Crippen molar-refractivity contribution in [3.05, 3.63) is 64.1 Å². The number of ether oxygens (including phenoxy) is 1. The van der Waals surface area contributed by atoms with Crippen LogP contribution in [0.1, 0.15) is 11.1 Å². The first-order valence-corrected chi connectivity index (χ1v) is 7.16. The first-order chi connectivity index (χ1) is 9.29. The lowest BCUT2D eigenvalue weighted by atomic mass is 10.1. The molecule has 0 amide bonds. The number of nitrogens with one attached hydrogen (secondary N) is 1. The van der Waals surface area contributed by atoms with E-state index >= 15 is 0 Å². The van der Waals surface area contributed by atoms with Gasteiger partial charge in [0.05, 0.1) is 11.6 Å². The molecule has 0 saturated carbocycles. The Labute approximate surface area is 135 Å². The molecule has 0 aliphatic carbocycles. The maximum atomic E-state index is 5.22. The molecule has 0 heterocycles. The van der Waals surface area contributed by atoms with Crippen molar-refractivity contribution in [3.63, 3.8) is 0 Å². The molecule has 0 bridgehead atoms. The smallest absolute Gasteiger partial charge is 0.133 e. The minimum absolute atomic E-state index is 0. The first kappa shape index (κ1) is 17.0. The van der Waals surface area contributed by atoms with E-state index in [1.54, 1.807) is 7.11 Å². The monoisotopic (exact) mass is 354 g/mol. The van der Waals surface area contributed by atoms with E-state index in [1.807, 2.05) is 12.1 Å². The van der Waals surface area contributed by atoms with Crippen LogP contribution in [-0.2, 0) is 13.0 Å². The van der Waals surface area contributed by atoms with Crippen LogP contribution in [0.25, 0.3) is 0 Å². The first-order valence-electron chi connectivity index (χ1n) is 6.36. The highest BCUT2D eigenvalue weighted by atomic mass is 79.9. The van der Waals surface area contributed by atoms with Crippen LogP contribution < -0.4 is 22.5 Å². The van der Waals surface area contributed by atoms with Gasteiger partial charge < -0.3 is 22.5 Å². The largest absolute Gasteiger partial charge is 1.00 e. The highest BCUT2D eigenvalue weighted by Gasteiger charge is 2.01. The van der Waals surface area contributed by atoms with Crippen molar-refractivity contribution in [1.29, 1.82) is 0 Å². The zero-order chi connectivity index (χ0) is 13.5. The van der Waals surface area contributed by atoms with E-state index in [4.69, 9.17) is 4.74 Å². The van der Waals surface area contributed by atoms with Crippen molar-refractivity contribution in [2.24, 2.45) is 0 Å². The molecule has 0 unspecified atom stereocenters. The van der Waals surface area contributed by atoms with Crippen LogP contribution in [0.15, 0.2) is 53.0 Å². The molecular formula is C16H18BrClNO-. The second-order valence-corrected chi connectivity index (χ2v) is 5.24. The summed E-state index contributed by atoms with van der Waals surface area (Å²) < 4.78 is 6.21. The summed E-state index contributed by atoms with van der Waals surface area (Å²) in [4.78, 5) is 0. The molecule has 2 aromatic carbocycles. The number of methoxy groups -OCH3 is 1. The van der Waals surface area contributed by atoms with Crippen LogP contribution in [0.4, 0.5) is 0 Å². The van der Waals surface area contributed by atoms with Gasteiger partial charge in [-0.05, 0) is 52.2 Å². The summed E-state index contributed by atoms with van der Waals surface area (Å²) in [5.74, 6) is 0.869. The van der Waals surface area contributed by atoms with Gasteiger partial charge in [-0.2, -0.15) is 0 Å². The maximum Gasteiger partial charge on any atom is 0.133 e. The van der Waals surface area contributed by atoms with E-state index in [0.29, 0.717) is 0 Å². The number of hydrogen-bond acceptors (Lipinski definition) is 2. The van der Waals surface area contributed by atoms with Gasteiger partial charge in [0.2, 0.25) is 0 Å². The molecule has 20 heavy (non-hydrogen) atoms. The molecular weight excluding hydrogens is 338 g/mol. The van der Waals surface area contributed by atoms with Gasteiger partial charge in [-0.15, -0.1) is 0 Å². The average Bonchev–Trinajstić information content (AvgIpc) is 2.45. The van der Waals surface area contributed by atoms with E-state index in [1.165, 1.54) is 11.1 Å². The van der Waals surface area contributed by atoms with Crippen molar-refractivity contribution in [3.8, 4) is 5.75 Å². The lowest BCUT2D eigenvalue weighted by Gasteiger charge is -2.08. The Balaban J connectivity index is 0.00000200. The molecule has 0 radical (unpaired) electrons. The highest BCUT2D eigenvalue weighted by molar-refractivity contribution is 9.10. The molecule has 0 fully saturated rings. The molecule has 108 valence electrons. The quantitative estimate of drug-likeness (QED) is 0.774. The molecule has 0 aromatic heterocycles. The zero-order valence-electron chi connectivity index (χ0n) is 11.4. The van der Waals surface area contributed by atoms with Gasteiger partial charge in [-0.3, -0.25) is 0 Å². The van der Waals surface area contributed by atoms with Crippen molar-refractivity contribution >= 4 is 15.9 Å². The number of halogens is 2. The SMILES string of the molecule is COc1ccc(CNCCc2ccccc2)cc1Br.[Cl-]. The van der Waals surface area contributed by atoms with Gasteiger partial charge >= 0.3 is 0 Å². The number of hydrogen-bond donors (Lipinski definition) is 1. The Hall–Kier alpha value is -1.03. The van der Waals surface area contributed by atoms with E-state index in [-0.39, 0.29) is 12.4 Å².